The number of pyridine rings is 1. The zero-order valence-corrected chi connectivity index (χ0v) is 19.5. The first kappa shape index (κ1) is 22.4. The van der Waals surface area contributed by atoms with E-state index in [1.54, 1.807) is 0 Å². The average Bonchev–Trinajstić information content (AvgIpc) is 3.11. The first-order valence-corrected chi connectivity index (χ1v) is 12.3. The van der Waals surface area contributed by atoms with E-state index in [9.17, 15) is 4.79 Å². The number of carbonyl (C=O) groups excluding carboxylic acids is 1. The Balaban J connectivity index is 2.43. The van der Waals surface area contributed by atoms with Gasteiger partial charge in [-0.05, 0) is 31.2 Å². The summed E-state index contributed by atoms with van der Waals surface area (Å²) in [4.78, 5) is 18.3. The van der Waals surface area contributed by atoms with Crippen molar-refractivity contribution in [3.63, 3.8) is 0 Å². The Labute approximate surface area is 179 Å². The smallest absolute Gasteiger partial charge is 0.278 e. The molecule has 1 aromatic carbocycles. The Bertz CT molecular complexity index is 1040. The Hall–Kier alpha value is -2.27. The number of aryl methyl sites for hydroxylation is 1. The summed E-state index contributed by atoms with van der Waals surface area (Å²) in [5.41, 5.74) is 3.47. The fourth-order valence-corrected chi connectivity index (χ4v) is 8.21. The number of nitrogens with zero attached hydrogens (tertiary/aromatic N) is 5. The van der Waals surface area contributed by atoms with Crippen molar-refractivity contribution in [2.45, 2.75) is 34.6 Å². The molecule has 2 heterocycles. The van der Waals surface area contributed by atoms with Crippen molar-refractivity contribution in [3.8, 4) is 0 Å². The van der Waals surface area contributed by atoms with Crippen LogP contribution >= 0.6 is 7.36 Å². The van der Waals surface area contributed by atoms with E-state index < -0.39 is 7.36 Å². The third kappa shape index (κ3) is 3.87. The zero-order chi connectivity index (χ0) is 21.7. The van der Waals surface area contributed by atoms with E-state index in [-0.39, 0.29) is 5.91 Å². The lowest BCUT2D eigenvalue weighted by molar-refractivity contribution is 0.100. The molecule has 7 heteroatoms. The summed E-state index contributed by atoms with van der Waals surface area (Å²) in [6.45, 7) is 13.8. The van der Waals surface area contributed by atoms with Crippen LogP contribution in [0.1, 0.15) is 43.7 Å². The summed E-state index contributed by atoms with van der Waals surface area (Å²) in [5.74, 6) is -0.173. The number of hydrogen-bond acceptors (Lipinski definition) is 2. The standard InChI is InChI=1S/C23H32N5OP/c1-6-26(7-2)30(27(8-3)9-4,25-22(29)20-15-11-10-12-16-20)23-19(5)24-21-17-13-14-18-28(21)23/h10-18H,6-9H2,1-5H3. The molecule has 3 aromatic rings. The van der Waals surface area contributed by atoms with E-state index in [1.807, 2.05) is 61.7 Å². The maximum Gasteiger partial charge on any atom is 0.278 e. The molecular formula is C23H32N5OP. The molecule has 0 saturated carbocycles. The van der Waals surface area contributed by atoms with Crippen LogP contribution in [-0.4, -0.2) is 50.8 Å². The van der Waals surface area contributed by atoms with E-state index in [1.165, 1.54) is 0 Å². The zero-order valence-electron chi connectivity index (χ0n) is 18.6. The highest BCUT2D eigenvalue weighted by Gasteiger charge is 2.39. The third-order valence-corrected chi connectivity index (χ3v) is 9.73. The van der Waals surface area contributed by atoms with Crippen LogP contribution in [0.4, 0.5) is 0 Å². The molecule has 3 rings (SSSR count). The van der Waals surface area contributed by atoms with Gasteiger partial charge < -0.3 is 0 Å². The molecule has 160 valence electrons. The first-order chi connectivity index (χ1) is 14.5. The van der Waals surface area contributed by atoms with Crippen LogP contribution in [0.25, 0.3) is 5.65 Å². The number of amides is 1. The van der Waals surface area contributed by atoms with Gasteiger partial charge in [-0.2, -0.15) is 4.74 Å². The predicted molar refractivity (Wildman–Crippen MR) is 126 cm³/mol. The highest BCUT2D eigenvalue weighted by molar-refractivity contribution is 7.69. The topological polar surface area (TPSA) is 53.2 Å². The Morgan fingerprint density at radius 2 is 1.50 bits per heavy atom. The molecule has 0 spiro atoms. The van der Waals surface area contributed by atoms with E-state index in [0.29, 0.717) is 5.56 Å². The van der Waals surface area contributed by atoms with Gasteiger partial charge in [0.05, 0.1) is 5.69 Å². The molecule has 1 amide bonds. The molecule has 0 N–H and O–H groups in total. The Morgan fingerprint density at radius 1 is 0.933 bits per heavy atom. The van der Waals surface area contributed by atoms with Crippen molar-refractivity contribution in [1.82, 2.24) is 18.7 Å². The van der Waals surface area contributed by atoms with Crippen LogP contribution in [0.15, 0.2) is 59.5 Å². The van der Waals surface area contributed by atoms with Gasteiger partial charge in [-0.3, -0.25) is 18.5 Å². The Morgan fingerprint density at radius 3 is 2.07 bits per heavy atom. The minimum atomic E-state index is -2.58. The summed E-state index contributed by atoms with van der Waals surface area (Å²) in [6.07, 6.45) is 2.04. The second-order valence-corrected chi connectivity index (χ2v) is 9.96. The van der Waals surface area contributed by atoms with Crippen molar-refractivity contribution in [2.75, 3.05) is 26.2 Å². The minimum Gasteiger partial charge on any atom is -0.296 e. The van der Waals surface area contributed by atoms with Crippen molar-refractivity contribution >= 4 is 24.3 Å². The van der Waals surface area contributed by atoms with Gasteiger partial charge in [0, 0.05) is 37.9 Å². The molecule has 0 saturated heterocycles. The Kier molecular flexibility index (Phi) is 7.24. The average molecular weight is 426 g/mol. The van der Waals surface area contributed by atoms with Crippen LogP contribution in [0, 0.1) is 6.92 Å². The summed E-state index contributed by atoms with van der Waals surface area (Å²) >= 11 is 0. The summed E-state index contributed by atoms with van der Waals surface area (Å²) in [7, 11) is -2.58. The lowest BCUT2D eigenvalue weighted by Gasteiger charge is -2.42. The lowest BCUT2D eigenvalue weighted by atomic mass is 10.2. The predicted octanol–water partition coefficient (Wildman–Crippen LogP) is 4.82. The van der Waals surface area contributed by atoms with E-state index >= 15 is 0 Å². The second-order valence-electron chi connectivity index (χ2n) is 7.07. The quantitative estimate of drug-likeness (QED) is 0.486. The van der Waals surface area contributed by atoms with Gasteiger partial charge in [0.2, 0.25) is 0 Å². The molecule has 0 aliphatic heterocycles. The van der Waals surface area contributed by atoms with Gasteiger partial charge in [-0.25, -0.2) is 4.98 Å². The molecule has 0 bridgehead atoms. The maximum absolute atomic E-state index is 13.5. The van der Waals surface area contributed by atoms with E-state index in [4.69, 9.17) is 9.73 Å². The number of fused-ring (bicyclic) bond motifs is 1. The number of imidazole rings is 1. The maximum atomic E-state index is 13.5. The fraction of sp³-hybridized carbons (Fsp3) is 0.391. The fourth-order valence-electron chi connectivity index (χ4n) is 4.08. The van der Waals surface area contributed by atoms with Crippen molar-refractivity contribution in [2.24, 2.45) is 4.74 Å². The molecule has 30 heavy (non-hydrogen) atoms. The number of hydrogen-bond donors (Lipinski definition) is 0. The number of aromatic nitrogens is 2. The largest absolute Gasteiger partial charge is 0.296 e. The van der Waals surface area contributed by atoms with Gasteiger partial charge in [-0.15, -0.1) is 0 Å². The normalized spacial score (nSPS) is 12.1. The summed E-state index contributed by atoms with van der Waals surface area (Å²) in [6, 6.07) is 15.4. The molecule has 0 radical (unpaired) electrons. The van der Waals surface area contributed by atoms with Crippen LogP contribution in [-0.2, 0) is 0 Å². The molecular weight excluding hydrogens is 393 g/mol. The molecule has 0 aliphatic rings. The van der Waals surface area contributed by atoms with E-state index in [2.05, 4.69) is 41.4 Å². The van der Waals surface area contributed by atoms with E-state index in [0.717, 1.165) is 43.0 Å². The monoisotopic (exact) mass is 425 g/mol. The molecule has 0 atom stereocenters. The first-order valence-electron chi connectivity index (χ1n) is 10.7. The van der Waals surface area contributed by atoms with Gasteiger partial charge in [0.1, 0.15) is 11.1 Å². The molecule has 0 aliphatic carbocycles. The lowest BCUT2D eigenvalue weighted by Crippen LogP contribution is -2.40. The molecule has 6 nitrogen and oxygen atoms in total. The van der Waals surface area contributed by atoms with Crippen LogP contribution in [0.2, 0.25) is 0 Å². The molecule has 2 aromatic heterocycles. The van der Waals surface area contributed by atoms with Gasteiger partial charge in [0.25, 0.3) is 5.91 Å². The van der Waals surface area contributed by atoms with Crippen molar-refractivity contribution in [3.05, 3.63) is 66.0 Å². The number of rotatable bonds is 8. The highest BCUT2D eigenvalue weighted by atomic mass is 31.2. The second kappa shape index (κ2) is 9.69. The van der Waals surface area contributed by atoms with Crippen molar-refractivity contribution < 1.29 is 4.79 Å². The highest BCUT2D eigenvalue weighted by Crippen LogP contribution is 2.56. The summed E-state index contributed by atoms with van der Waals surface area (Å²) < 4.78 is 11.9. The third-order valence-electron chi connectivity index (χ3n) is 5.46. The minimum absolute atomic E-state index is 0.173. The molecule has 0 fully saturated rings. The SMILES string of the molecule is CCN(CC)P(=NC(=O)c1ccccc1)(c1c(C)nc2ccccn12)N(CC)CC. The van der Waals surface area contributed by atoms with Crippen molar-refractivity contribution in [1.29, 1.82) is 0 Å². The van der Waals surface area contributed by atoms with Crippen LogP contribution in [0.3, 0.4) is 0 Å². The number of carbonyl (C=O) groups is 1. The number of benzene rings is 1. The van der Waals surface area contributed by atoms with Crippen LogP contribution in [0.5, 0.6) is 0 Å². The van der Waals surface area contributed by atoms with Gasteiger partial charge >= 0.3 is 0 Å². The summed E-state index contributed by atoms with van der Waals surface area (Å²) in [5, 5.41) is 0. The van der Waals surface area contributed by atoms with Crippen LogP contribution < -0.4 is 5.44 Å². The molecule has 0 unspecified atom stereocenters. The van der Waals surface area contributed by atoms with Gasteiger partial charge in [0.15, 0.2) is 7.36 Å². The van der Waals surface area contributed by atoms with Gasteiger partial charge in [-0.1, -0.05) is 52.0 Å².